The molecule has 0 unspecified atom stereocenters. The summed E-state index contributed by atoms with van der Waals surface area (Å²) in [6.07, 6.45) is 0.912. The molecule has 5 heteroatoms. The van der Waals surface area contributed by atoms with Crippen LogP contribution < -0.4 is 0 Å². The Morgan fingerprint density at radius 2 is 1.89 bits per heavy atom. The van der Waals surface area contributed by atoms with Crippen molar-refractivity contribution in [2.45, 2.75) is 19.3 Å². The molecule has 0 aromatic heterocycles. The number of carboxylic acid groups (broad SMARTS) is 2. The standard InChI is InChI=1S/C14H16O5/c1-9(13(16)17)8-10-4-2-5-12(14(18)19)11(10)6-3-7-15/h2,4-5,15H,1,3,6-8H2,(H,16,17)(H,18,19). The van der Waals surface area contributed by atoms with Crippen molar-refractivity contribution in [2.24, 2.45) is 0 Å². The summed E-state index contributed by atoms with van der Waals surface area (Å²) in [6.45, 7) is 3.40. The van der Waals surface area contributed by atoms with Gasteiger partial charge < -0.3 is 15.3 Å². The maximum absolute atomic E-state index is 11.2. The molecule has 0 atom stereocenters. The van der Waals surface area contributed by atoms with Crippen LogP contribution >= 0.6 is 0 Å². The average Bonchev–Trinajstić information content (AvgIpc) is 2.36. The lowest BCUT2D eigenvalue weighted by molar-refractivity contribution is -0.132. The zero-order valence-corrected chi connectivity index (χ0v) is 10.4. The number of aliphatic hydroxyl groups excluding tert-OH is 1. The summed E-state index contributed by atoms with van der Waals surface area (Å²) in [6, 6.07) is 4.74. The van der Waals surface area contributed by atoms with Crippen LogP contribution in [0, 0.1) is 0 Å². The number of hydrogen-bond acceptors (Lipinski definition) is 3. The van der Waals surface area contributed by atoms with Crippen LogP contribution in [0.15, 0.2) is 30.4 Å². The Morgan fingerprint density at radius 1 is 1.21 bits per heavy atom. The summed E-state index contributed by atoms with van der Waals surface area (Å²) in [5, 5.41) is 26.8. The molecule has 0 amide bonds. The fourth-order valence-electron chi connectivity index (χ4n) is 1.86. The van der Waals surface area contributed by atoms with Crippen LogP contribution in [0.25, 0.3) is 0 Å². The van der Waals surface area contributed by atoms with Gasteiger partial charge in [-0.25, -0.2) is 9.59 Å². The topological polar surface area (TPSA) is 94.8 Å². The van der Waals surface area contributed by atoms with E-state index in [1.807, 2.05) is 0 Å². The normalized spacial score (nSPS) is 10.2. The fraction of sp³-hybridized carbons (Fsp3) is 0.286. The summed E-state index contributed by atoms with van der Waals surface area (Å²) in [5.41, 5.74) is 1.34. The summed E-state index contributed by atoms with van der Waals surface area (Å²) < 4.78 is 0. The third-order valence-corrected chi connectivity index (χ3v) is 2.79. The van der Waals surface area contributed by atoms with Crippen molar-refractivity contribution in [3.63, 3.8) is 0 Å². The lowest BCUT2D eigenvalue weighted by Gasteiger charge is -2.12. The maximum Gasteiger partial charge on any atom is 0.335 e. The van der Waals surface area contributed by atoms with Crippen molar-refractivity contribution in [3.8, 4) is 0 Å². The number of aliphatic hydroxyl groups is 1. The molecular weight excluding hydrogens is 248 g/mol. The smallest absolute Gasteiger partial charge is 0.335 e. The Labute approximate surface area is 110 Å². The van der Waals surface area contributed by atoms with Gasteiger partial charge in [-0.1, -0.05) is 18.7 Å². The van der Waals surface area contributed by atoms with Gasteiger partial charge >= 0.3 is 11.9 Å². The van der Waals surface area contributed by atoms with E-state index < -0.39 is 11.9 Å². The van der Waals surface area contributed by atoms with Crippen molar-refractivity contribution < 1.29 is 24.9 Å². The number of carbonyl (C=O) groups is 2. The highest BCUT2D eigenvalue weighted by Crippen LogP contribution is 2.20. The molecule has 0 saturated heterocycles. The highest BCUT2D eigenvalue weighted by atomic mass is 16.4. The maximum atomic E-state index is 11.2. The van der Waals surface area contributed by atoms with Crippen LogP contribution in [0.2, 0.25) is 0 Å². The molecule has 19 heavy (non-hydrogen) atoms. The second kappa shape index (κ2) is 6.70. The second-order valence-electron chi connectivity index (χ2n) is 4.16. The Hall–Kier alpha value is -2.14. The third-order valence-electron chi connectivity index (χ3n) is 2.79. The molecule has 0 aliphatic carbocycles. The van der Waals surface area contributed by atoms with E-state index in [0.717, 1.165) is 0 Å². The molecule has 0 radical (unpaired) electrons. The van der Waals surface area contributed by atoms with Gasteiger partial charge in [-0.15, -0.1) is 0 Å². The minimum absolute atomic E-state index is 0.00721. The molecule has 0 aliphatic heterocycles. The first-order valence-electron chi connectivity index (χ1n) is 5.83. The minimum atomic E-state index is -1.10. The Balaban J connectivity index is 3.14. The Kier molecular flexibility index (Phi) is 5.26. The third kappa shape index (κ3) is 3.93. The molecule has 1 aromatic rings. The van der Waals surface area contributed by atoms with E-state index in [4.69, 9.17) is 15.3 Å². The molecule has 5 nitrogen and oxygen atoms in total. The number of benzene rings is 1. The van der Waals surface area contributed by atoms with Crippen LogP contribution in [-0.4, -0.2) is 33.9 Å². The monoisotopic (exact) mass is 264 g/mol. The van der Waals surface area contributed by atoms with Gasteiger partial charge in [0.2, 0.25) is 0 Å². The SMILES string of the molecule is C=C(Cc1cccc(C(=O)O)c1CCCO)C(=O)O. The molecule has 0 aliphatic rings. The quantitative estimate of drug-likeness (QED) is 0.649. The number of carboxylic acids is 2. The van der Waals surface area contributed by atoms with Gasteiger partial charge in [0.05, 0.1) is 5.56 Å². The van der Waals surface area contributed by atoms with E-state index in [9.17, 15) is 9.59 Å². The van der Waals surface area contributed by atoms with Crippen LogP contribution in [0.1, 0.15) is 27.9 Å². The highest BCUT2D eigenvalue weighted by molar-refractivity contribution is 5.90. The molecule has 102 valence electrons. The largest absolute Gasteiger partial charge is 0.478 e. The molecule has 0 saturated carbocycles. The van der Waals surface area contributed by atoms with Gasteiger partial charge in [-0.3, -0.25) is 0 Å². The number of rotatable bonds is 7. The molecule has 3 N–H and O–H groups in total. The number of hydrogen-bond donors (Lipinski definition) is 3. The van der Waals surface area contributed by atoms with Crippen molar-refractivity contribution in [2.75, 3.05) is 6.61 Å². The molecule has 1 rings (SSSR count). The number of aromatic carboxylic acids is 1. The first kappa shape index (κ1) is 14.9. The lowest BCUT2D eigenvalue weighted by atomic mass is 9.93. The van der Waals surface area contributed by atoms with E-state index in [1.54, 1.807) is 12.1 Å². The predicted molar refractivity (Wildman–Crippen MR) is 69.3 cm³/mol. The number of aliphatic carboxylic acids is 1. The molecule has 0 spiro atoms. The first-order valence-corrected chi connectivity index (χ1v) is 5.83. The van der Waals surface area contributed by atoms with Gasteiger partial charge in [0, 0.05) is 18.6 Å². The van der Waals surface area contributed by atoms with E-state index in [2.05, 4.69) is 6.58 Å². The van der Waals surface area contributed by atoms with E-state index in [-0.39, 0.29) is 24.2 Å². The second-order valence-corrected chi connectivity index (χ2v) is 4.16. The van der Waals surface area contributed by atoms with Gasteiger partial charge in [-0.05, 0) is 30.0 Å². The minimum Gasteiger partial charge on any atom is -0.478 e. The predicted octanol–water partition coefficient (Wildman–Crippen LogP) is 1.49. The zero-order chi connectivity index (χ0) is 14.4. The summed E-state index contributed by atoms with van der Waals surface area (Å²) in [7, 11) is 0. The Morgan fingerprint density at radius 3 is 2.42 bits per heavy atom. The van der Waals surface area contributed by atoms with Gasteiger partial charge in [0.1, 0.15) is 0 Å². The average molecular weight is 264 g/mol. The summed E-state index contributed by atoms with van der Waals surface area (Å²) in [4.78, 5) is 21.9. The van der Waals surface area contributed by atoms with Crippen molar-refractivity contribution in [3.05, 3.63) is 47.0 Å². The van der Waals surface area contributed by atoms with Gasteiger partial charge in [0.15, 0.2) is 0 Å². The van der Waals surface area contributed by atoms with Crippen LogP contribution in [-0.2, 0) is 17.6 Å². The van der Waals surface area contributed by atoms with Crippen LogP contribution in [0.4, 0.5) is 0 Å². The summed E-state index contributed by atoms with van der Waals surface area (Å²) in [5.74, 6) is -2.16. The van der Waals surface area contributed by atoms with E-state index >= 15 is 0 Å². The Bertz CT molecular complexity index is 505. The van der Waals surface area contributed by atoms with Gasteiger partial charge in [-0.2, -0.15) is 0 Å². The van der Waals surface area contributed by atoms with Crippen LogP contribution in [0.5, 0.6) is 0 Å². The molecule has 1 aromatic carbocycles. The first-order chi connectivity index (χ1) is 8.97. The van der Waals surface area contributed by atoms with E-state index in [0.29, 0.717) is 24.0 Å². The van der Waals surface area contributed by atoms with Crippen LogP contribution in [0.3, 0.4) is 0 Å². The molecule has 0 fully saturated rings. The highest BCUT2D eigenvalue weighted by Gasteiger charge is 2.15. The van der Waals surface area contributed by atoms with Gasteiger partial charge in [0.25, 0.3) is 0 Å². The molecule has 0 bridgehead atoms. The van der Waals surface area contributed by atoms with Crippen molar-refractivity contribution in [1.82, 2.24) is 0 Å². The lowest BCUT2D eigenvalue weighted by Crippen LogP contribution is -2.09. The van der Waals surface area contributed by atoms with Crippen molar-refractivity contribution >= 4 is 11.9 Å². The molecule has 0 heterocycles. The van der Waals surface area contributed by atoms with Crippen molar-refractivity contribution in [1.29, 1.82) is 0 Å². The fourth-order valence-corrected chi connectivity index (χ4v) is 1.86. The molecular formula is C14H16O5. The summed E-state index contributed by atoms with van der Waals surface area (Å²) >= 11 is 0. The van der Waals surface area contributed by atoms with E-state index in [1.165, 1.54) is 6.07 Å². The zero-order valence-electron chi connectivity index (χ0n) is 10.4.